The number of nitrogens with zero attached hydrogens (tertiary/aromatic N) is 2. The third-order valence-electron chi connectivity index (χ3n) is 2.03. The molecule has 1 saturated carbocycles. The van der Waals surface area contributed by atoms with Crippen LogP contribution in [0.4, 0.5) is 0 Å². The van der Waals surface area contributed by atoms with Gasteiger partial charge in [-0.05, 0) is 18.8 Å². The maximum atomic E-state index is 10.9. The molecular formula is C7H9ClN2O2S. The fourth-order valence-electron chi connectivity index (χ4n) is 1.14. The minimum atomic E-state index is -3.61. The summed E-state index contributed by atoms with van der Waals surface area (Å²) in [5, 5.41) is 3.92. The first-order valence-corrected chi connectivity index (χ1v) is 6.34. The van der Waals surface area contributed by atoms with Crippen LogP contribution < -0.4 is 0 Å². The Bertz CT molecular complexity index is 408. The molecular weight excluding hydrogens is 212 g/mol. The van der Waals surface area contributed by atoms with E-state index in [-0.39, 0.29) is 4.90 Å². The van der Waals surface area contributed by atoms with E-state index in [0.29, 0.717) is 5.92 Å². The minimum absolute atomic E-state index is 0.0785. The maximum absolute atomic E-state index is 10.9. The molecule has 72 valence electrons. The summed E-state index contributed by atoms with van der Waals surface area (Å²) in [7, 11) is 1.53. The molecule has 0 N–H and O–H groups in total. The lowest BCUT2D eigenvalue weighted by Crippen LogP contribution is -1.99. The summed E-state index contributed by atoms with van der Waals surface area (Å²) in [4.78, 5) is 0.0785. The van der Waals surface area contributed by atoms with E-state index in [2.05, 4.69) is 5.10 Å². The highest BCUT2D eigenvalue weighted by Gasteiger charge is 2.22. The van der Waals surface area contributed by atoms with Crippen molar-refractivity contribution < 1.29 is 8.42 Å². The van der Waals surface area contributed by atoms with Gasteiger partial charge in [0.05, 0.1) is 6.20 Å². The van der Waals surface area contributed by atoms with Crippen LogP contribution >= 0.6 is 10.7 Å². The number of aromatic nitrogens is 2. The van der Waals surface area contributed by atoms with Gasteiger partial charge < -0.3 is 0 Å². The highest BCUT2D eigenvalue weighted by molar-refractivity contribution is 8.13. The van der Waals surface area contributed by atoms with Gasteiger partial charge in [-0.25, -0.2) is 8.42 Å². The standard InChI is InChI=1S/C7H9ClN2O2S/c8-13(11,12)7-3-9-10(5-7)4-6-1-2-6/h3,5-6H,1-2,4H2. The lowest BCUT2D eigenvalue weighted by atomic mass is 10.4. The molecule has 1 aliphatic rings. The van der Waals surface area contributed by atoms with E-state index in [9.17, 15) is 8.42 Å². The van der Waals surface area contributed by atoms with E-state index in [4.69, 9.17) is 10.7 Å². The van der Waals surface area contributed by atoms with Crippen LogP contribution in [0.3, 0.4) is 0 Å². The van der Waals surface area contributed by atoms with Crippen LogP contribution in [0.2, 0.25) is 0 Å². The van der Waals surface area contributed by atoms with Crippen LogP contribution in [-0.2, 0) is 15.6 Å². The molecule has 6 heteroatoms. The Morgan fingerprint density at radius 2 is 2.31 bits per heavy atom. The summed E-state index contributed by atoms with van der Waals surface area (Å²) in [6.07, 6.45) is 5.18. The summed E-state index contributed by atoms with van der Waals surface area (Å²) < 4.78 is 23.4. The second kappa shape index (κ2) is 2.99. The Balaban J connectivity index is 2.17. The molecule has 1 aliphatic carbocycles. The Labute approximate surface area is 80.9 Å². The highest BCUT2D eigenvalue weighted by atomic mass is 35.7. The molecule has 1 fully saturated rings. The number of hydrogen-bond donors (Lipinski definition) is 0. The quantitative estimate of drug-likeness (QED) is 0.720. The summed E-state index contributed by atoms with van der Waals surface area (Å²) in [5.74, 6) is 0.672. The second-order valence-electron chi connectivity index (χ2n) is 3.28. The summed E-state index contributed by atoms with van der Waals surface area (Å²) in [6.45, 7) is 0.798. The zero-order valence-corrected chi connectivity index (χ0v) is 8.42. The summed E-state index contributed by atoms with van der Waals surface area (Å²) >= 11 is 0. The fourth-order valence-corrected chi connectivity index (χ4v) is 1.79. The molecule has 0 atom stereocenters. The van der Waals surface area contributed by atoms with Crippen molar-refractivity contribution in [2.75, 3.05) is 0 Å². The summed E-state index contributed by atoms with van der Waals surface area (Å²) in [6, 6.07) is 0. The van der Waals surface area contributed by atoms with Crippen LogP contribution in [-0.4, -0.2) is 18.2 Å². The van der Waals surface area contributed by atoms with Crippen molar-refractivity contribution in [3.63, 3.8) is 0 Å². The van der Waals surface area contributed by atoms with Crippen LogP contribution in [0, 0.1) is 5.92 Å². The Hall–Kier alpha value is -0.550. The van der Waals surface area contributed by atoms with Crippen LogP contribution in [0.5, 0.6) is 0 Å². The SMILES string of the molecule is O=S(=O)(Cl)c1cnn(CC2CC2)c1. The maximum Gasteiger partial charge on any atom is 0.264 e. The molecule has 2 rings (SSSR count). The van der Waals surface area contributed by atoms with Gasteiger partial charge in [0.15, 0.2) is 0 Å². The third-order valence-corrected chi connectivity index (χ3v) is 3.34. The van der Waals surface area contributed by atoms with E-state index in [0.717, 1.165) is 6.54 Å². The first kappa shape index (κ1) is 9.02. The monoisotopic (exact) mass is 220 g/mol. The molecule has 4 nitrogen and oxygen atoms in total. The van der Waals surface area contributed by atoms with E-state index < -0.39 is 9.05 Å². The molecule has 0 spiro atoms. The topological polar surface area (TPSA) is 52.0 Å². The van der Waals surface area contributed by atoms with Gasteiger partial charge in [-0.2, -0.15) is 5.10 Å². The van der Waals surface area contributed by atoms with Gasteiger partial charge in [0.1, 0.15) is 4.90 Å². The van der Waals surface area contributed by atoms with E-state index in [1.54, 1.807) is 4.68 Å². The number of hydrogen-bond acceptors (Lipinski definition) is 3. The molecule has 0 amide bonds. The average molecular weight is 221 g/mol. The van der Waals surface area contributed by atoms with Crippen molar-refractivity contribution >= 4 is 19.7 Å². The Morgan fingerprint density at radius 1 is 1.62 bits per heavy atom. The van der Waals surface area contributed by atoms with Gasteiger partial charge in [-0.1, -0.05) is 0 Å². The Morgan fingerprint density at radius 3 is 2.77 bits per heavy atom. The second-order valence-corrected chi connectivity index (χ2v) is 5.85. The lowest BCUT2D eigenvalue weighted by molar-refractivity contribution is 0.561. The van der Waals surface area contributed by atoms with Crippen LogP contribution in [0.25, 0.3) is 0 Å². The van der Waals surface area contributed by atoms with Crippen LogP contribution in [0.1, 0.15) is 12.8 Å². The molecule has 0 radical (unpaired) electrons. The van der Waals surface area contributed by atoms with Gasteiger partial charge >= 0.3 is 0 Å². The van der Waals surface area contributed by atoms with Gasteiger partial charge in [0, 0.05) is 23.4 Å². The van der Waals surface area contributed by atoms with Gasteiger partial charge in [-0.15, -0.1) is 0 Å². The molecule has 0 saturated heterocycles. The van der Waals surface area contributed by atoms with Crippen molar-refractivity contribution in [2.45, 2.75) is 24.3 Å². The molecule has 1 aromatic heterocycles. The Kier molecular flexibility index (Phi) is 2.08. The summed E-state index contributed by atoms with van der Waals surface area (Å²) in [5.41, 5.74) is 0. The first-order chi connectivity index (χ1) is 6.05. The molecule has 0 bridgehead atoms. The van der Waals surface area contributed by atoms with Gasteiger partial charge in [0.2, 0.25) is 0 Å². The molecule has 0 unspecified atom stereocenters. The van der Waals surface area contributed by atoms with E-state index in [1.165, 1.54) is 25.2 Å². The zero-order valence-electron chi connectivity index (χ0n) is 6.85. The molecule has 0 aliphatic heterocycles. The van der Waals surface area contributed by atoms with Gasteiger partial charge in [-0.3, -0.25) is 4.68 Å². The first-order valence-electron chi connectivity index (χ1n) is 4.03. The van der Waals surface area contributed by atoms with Crippen molar-refractivity contribution in [3.05, 3.63) is 12.4 Å². The normalized spacial score (nSPS) is 17.6. The number of halogens is 1. The van der Waals surface area contributed by atoms with Crippen molar-refractivity contribution in [2.24, 2.45) is 5.92 Å². The molecule has 13 heavy (non-hydrogen) atoms. The molecule has 1 heterocycles. The minimum Gasteiger partial charge on any atom is -0.271 e. The zero-order chi connectivity index (χ0) is 9.47. The smallest absolute Gasteiger partial charge is 0.264 e. The molecule has 0 aromatic carbocycles. The van der Waals surface area contributed by atoms with E-state index >= 15 is 0 Å². The van der Waals surface area contributed by atoms with Crippen molar-refractivity contribution in [3.8, 4) is 0 Å². The van der Waals surface area contributed by atoms with Gasteiger partial charge in [0.25, 0.3) is 9.05 Å². The van der Waals surface area contributed by atoms with Crippen LogP contribution in [0.15, 0.2) is 17.3 Å². The predicted octanol–water partition coefficient (Wildman–Crippen LogP) is 1.22. The van der Waals surface area contributed by atoms with E-state index in [1.807, 2.05) is 0 Å². The van der Waals surface area contributed by atoms with Crippen molar-refractivity contribution in [1.82, 2.24) is 9.78 Å². The number of rotatable bonds is 3. The van der Waals surface area contributed by atoms with Crippen molar-refractivity contribution in [1.29, 1.82) is 0 Å². The largest absolute Gasteiger partial charge is 0.271 e. The highest BCUT2D eigenvalue weighted by Crippen LogP contribution is 2.30. The predicted molar refractivity (Wildman–Crippen MR) is 48.0 cm³/mol. The fraction of sp³-hybridized carbons (Fsp3) is 0.571. The lowest BCUT2D eigenvalue weighted by Gasteiger charge is -1.95. The average Bonchev–Trinajstić information content (AvgIpc) is 2.63. The molecule has 1 aromatic rings. The third kappa shape index (κ3) is 2.22.